The summed E-state index contributed by atoms with van der Waals surface area (Å²) < 4.78 is 1.97. The molecule has 1 aromatic carbocycles. The van der Waals surface area contributed by atoms with Crippen molar-refractivity contribution in [2.45, 2.75) is 39.3 Å². The quantitative estimate of drug-likeness (QED) is 0.800. The van der Waals surface area contributed by atoms with Crippen molar-refractivity contribution in [2.75, 3.05) is 6.54 Å². The average molecular weight is 326 g/mol. The zero-order valence-electron chi connectivity index (χ0n) is 12.4. The second-order valence-electron chi connectivity index (χ2n) is 5.01. The first-order valence-electron chi connectivity index (χ1n) is 7.38. The number of aryl methyl sites for hydroxylation is 1. The maximum atomic E-state index is 6.39. The van der Waals surface area contributed by atoms with Crippen molar-refractivity contribution in [3.05, 3.63) is 51.8 Å². The van der Waals surface area contributed by atoms with Crippen molar-refractivity contribution in [3.8, 4) is 0 Å². The van der Waals surface area contributed by atoms with Crippen LogP contribution in [0.5, 0.6) is 0 Å². The van der Waals surface area contributed by atoms with E-state index < -0.39 is 0 Å². The third-order valence-electron chi connectivity index (χ3n) is 3.36. The maximum absolute atomic E-state index is 6.39. The first-order valence-corrected chi connectivity index (χ1v) is 8.13. The Kier molecular flexibility index (Phi) is 6.09. The van der Waals surface area contributed by atoms with Crippen LogP contribution in [-0.4, -0.2) is 16.3 Å². The van der Waals surface area contributed by atoms with Gasteiger partial charge in [0.1, 0.15) is 0 Å². The number of nitrogens with zero attached hydrogens (tertiary/aromatic N) is 2. The van der Waals surface area contributed by atoms with Crippen LogP contribution in [0.4, 0.5) is 0 Å². The Morgan fingerprint density at radius 1 is 1.14 bits per heavy atom. The smallest absolute Gasteiger partial charge is 0.0837 e. The van der Waals surface area contributed by atoms with Gasteiger partial charge in [0.05, 0.1) is 23.0 Å². The molecule has 0 amide bonds. The third-order valence-corrected chi connectivity index (χ3v) is 3.99. The lowest BCUT2D eigenvalue weighted by Gasteiger charge is -2.22. The van der Waals surface area contributed by atoms with Crippen molar-refractivity contribution < 1.29 is 0 Å². The molecule has 5 heteroatoms. The molecule has 0 aliphatic rings. The molecule has 0 fully saturated rings. The summed E-state index contributed by atoms with van der Waals surface area (Å²) in [5.41, 5.74) is 2.02. The molecule has 0 saturated carbocycles. The molecule has 1 heterocycles. The van der Waals surface area contributed by atoms with E-state index in [2.05, 4.69) is 24.3 Å². The summed E-state index contributed by atoms with van der Waals surface area (Å²) in [6, 6.07) is 7.84. The zero-order chi connectivity index (χ0) is 15.2. The van der Waals surface area contributed by atoms with Crippen molar-refractivity contribution in [1.82, 2.24) is 15.1 Å². The number of aromatic nitrogens is 2. The van der Waals surface area contributed by atoms with E-state index in [0.717, 1.165) is 42.2 Å². The predicted octanol–water partition coefficient (Wildman–Crippen LogP) is 4.69. The molecule has 3 nitrogen and oxygen atoms in total. The highest BCUT2D eigenvalue weighted by Crippen LogP contribution is 2.32. The molecule has 0 spiro atoms. The van der Waals surface area contributed by atoms with Gasteiger partial charge in [-0.2, -0.15) is 5.10 Å². The molecule has 1 N–H and O–H groups in total. The Bertz CT molecular complexity index is 581. The van der Waals surface area contributed by atoms with Crippen LogP contribution in [0.1, 0.15) is 44.0 Å². The van der Waals surface area contributed by atoms with Gasteiger partial charge >= 0.3 is 0 Å². The monoisotopic (exact) mass is 325 g/mol. The summed E-state index contributed by atoms with van der Waals surface area (Å²) in [5, 5.41) is 9.35. The minimum Gasteiger partial charge on any atom is -0.305 e. The Hall–Kier alpha value is -1.03. The minimum absolute atomic E-state index is 0.0415. The Labute approximate surface area is 136 Å². The molecule has 0 aliphatic heterocycles. The molecule has 2 rings (SSSR count). The van der Waals surface area contributed by atoms with E-state index in [-0.39, 0.29) is 6.04 Å². The number of hydrogen-bond acceptors (Lipinski definition) is 2. The van der Waals surface area contributed by atoms with Crippen LogP contribution in [0.25, 0.3) is 0 Å². The van der Waals surface area contributed by atoms with Crippen molar-refractivity contribution in [2.24, 2.45) is 0 Å². The van der Waals surface area contributed by atoms with Gasteiger partial charge in [-0.15, -0.1) is 0 Å². The van der Waals surface area contributed by atoms with Crippen LogP contribution in [0, 0.1) is 0 Å². The van der Waals surface area contributed by atoms with E-state index >= 15 is 0 Å². The molecule has 2 aromatic rings. The van der Waals surface area contributed by atoms with Crippen LogP contribution in [-0.2, 0) is 6.54 Å². The summed E-state index contributed by atoms with van der Waals surface area (Å²) >= 11 is 12.8. The van der Waals surface area contributed by atoms with Crippen LogP contribution >= 0.6 is 23.2 Å². The lowest BCUT2D eigenvalue weighted by atomic mass is 10.0. The maximum Gasteiger partial charge on any atom is 0.0837 e. The summed E-state index contributed by atoms with van der Waals surface area (Å²) in [6.07, 6.45) is 3.76. The minimum atomic E-state index is -0.0415. The molecule has 1 unspecified atom stereocenters. The molecule has 0 bridgehead atoms. The van der Waals surface area contributed by atoms with E-state index in [9.17, 15) is 0 Å². The molecule has 21 heavy (non-hydrogen) atoms. The first-order chi connectivity index (χ1) is 10.2. The average Bonchev–Trinajstić information content (AvgIpc) is 2.83. The third kappa shape index (κ3) is 3.79. The van der Waals surface area contributed by atoms with E-state index in [1.54, 1.807) is 6.20 Å². The largest absolute Gasteiger partial charge is 0.305 e. The van der Waals surface area contributed by atoms with E-state index in [4.69, 9.17) is 23.2 Å². The number of rotatable bonds is 7. The fourth-order valence-electron chi connectivity index (χ4n) is 2.40. The molecule has 114 valence electrons. The van der Waals surface area contributed by atoms with Gasteiger partial charge in [-0.1, -0.05) is 55.2 Å². The van der Waals surface area contributed by atoms with Gasteiger partial charge in [0, 0.05) is 11.6 Å². The number of nitrogens with one attached hydrogen (secondary N) is 1. The van der Waals surface area contributed by atoms with Crippen molar-refractivity contribution in [3.63, 3.8) is 0 Å². The number of benzene rings is 1. The van der Waals surface area contributed by atoms with Gasteiger partial charge in [-0.25, -0.2) is 0 Å². The number of hydrogen-bond donors (Lipinski definition) is 1. The van der Waals surface area contributed by atoms with Gasteiger partial charge < -0.3 is 5.32 Å². The summed E-state index contributed by atoms with van der Waals surface area (Å²) in [6.45, 7) is 6.01. The lowest BCUT2D eigenvalue weighted by molar-refractivity contribution is 0.512. The fourth-order valence-corrected chi connectivity index (χ4v) is 2.90. The van der Waals surface area contributed by atoms with E-state index in [0.29, 0.717) is 5.02 Å². The Balaban J connectivity index is 2.45. The molecule has 1 atom stereocenters. The Morgan fingerprint density at radius 2 is 1.90 bits per heavy atom. The molecular formula is C16H21Cl2N3. The second kappa shape index (κ2) is 7.83. The summed E-state index contributed by atoms with van der Waals surface area (Å²) in [5.74, 6) is 0. The number of halogens is 2. The van der Waals surface area contributed by atoms with E-state index in [1.807, 2.05) is 28.9 Å². The van der Waals surface area contributed by atoms with Crippen LogP contribution in [0.15, 0.2) is 30.5 Å². The molecule has 0 radical (unpaired) electrons. The fraction of sp³-hybridized carbons (Fsp3) is 0.438. The molecule has 0 aliphatic carbocycles. The van der Waals surface area contributed by atoms with Crippen molar-refractivity contribution in [1.29, 1.82) is 0 Å². The lowest BCUT2D eigenvalue weighted by Crippen LogP contribution is -2.26. The predicted molar refractivity (Wildman–Crippen MR) is 89.1 cm³/mol. The van der Waals surface area contributed by atoms with E-state index in [1.165, 1.54) is 0 Å². The van der Waals surface area contributed by atoms with Crippen LogP contribution < -0.4 is 5.32 Å². The molecule has 0 saturated heterocycles. The molecule has 1 aromatic heterocycles. The van der Waals surface area contributed by atoms with Gasteiger partial charge in [0.2, 0.25) is 0 Å². The standard InChI is InChI=1S/C16H21Cl2N3/c1-3-9-19-15(12-7-5-6-8-13(12)17)16-14(18)11-20-21(16)10-4-2/h5-8,11,15,19H,3-4,9-10H2,1-2H3. The highest BCUT2D eigenvalue weighted by molar-refractivity contribution is 6.32. The first kappa shape index (κ1) is 16.3. The molecular weight excluding hydrogens is 305 g/mol. The topological polar surface area (TPSA) is 29.9 Å². The van der Waals surface area contributed by atoms with Gasteiger partial charge in [-0.05, 0) is 31.0 Å². The van der Waals surface area contributed by atoms with Crippen molar-refractivity contribution >= 4 is 23.2 Å². The summed E-state index contributed by atoms with van der Waals surface area (Å²) in [4.78, 5) is 0. The summed E-state index contributed by atoms with van der Waals surface area (Å²) in [7, 11) is 0. The van der Waals surface area contributed by atoms with Gasteiger partial charge in [0.25, 0.3) is 0 Å². The van der Waals surface area contributed by atoms with Gasteiger partial charge in [-0.3, -0.25) is 4.68 Å². The second-order valence-corrected chi connectivity index (χ2v) is 5.82. The highest BCUT2D eigenvalue weighted by atomic mass is 35.5. The van der Waals surface area contributed by atoms with Crippen LogP contribution in [0.2, 0.25) is 10.0 Å². The zero-order valence-corrected chi connectivity index (χ0v) is 14.0. The Morgan fingerprint density at radius 3 is 2.57 bits per heavy atom. The highest BCUT2D eigenvalue weighted by Gasteiger charge is 2.23. The normalized spacial score (nSPS) is 12.6. The SMILES string of the molecule is CCCNC(c1ccccc1Cl)c1c(Cl)cnn1CCC. The van der Waals surface area contributed by atoms with Crippen LogP contribution in [0.3, 0.4) is 0 Å². The van der Waals surface area contributed by atoms with Gasteiger partial charge in [0.15, 0.2) is 0 Å².